The van der Waals surface area contributed by atoms with Gasteiger partial charge in [0.05, 0.1) is 26.7 Å². The van der Waals surface area contributed by atoms with Crippen molar-refractivity contribution >= 4 is 11.9 Å². The average Bonchev–Trinajstić information content (AvgIpc) is 2.72. The van der Waals surface area contributed by atoms with E-state index in [0.29, 0.717) is 11.5 Å². The molecule has 144 valence electrons. The number of benzene rings is 2. The Morgan fingerprint density at radius 2 is 1.70 bits per heavy atom. The Kier molecular flexibility index (Phi) is 7.67. The fraction of sp³-hybridized carbons (Fsp3) is 0.333. The molecular weight excluding hydrogens is 346 g/mol. The van der Waals surface area contributed by atoms with Crippen molar-refractivity contribution in [3.8, 4) is 11.5 Å². The molecule has 2 rings (SSSR count). The molecule has 1 unspecified atom stereocenters. The van der Waals surface area contributed by atoms with Gasteiger partial charge in [0.1, 0.15) is 11.5 Å². The molecule has 2 aromatic carbocycles. The SMILES string of the molecule is COC(=O)CCN(C(=O)COc1cccc(OC)c1)C(C)c1ccccc1. The van der Waals surface area contributed by atoms with Crippen molar-refractivity contribution in [1.29, 1.82) is 0 Å². The van der Waals surface area contributed by atoms with Gasteiger partial charge in [-0.05, 0) is 24.6 Å². The van der Waals surface area contributed by atoms with Crippen LogP contribution >= 0.6 is 0 Å². The second-order valence-corrected chi connectivity index (χ2v) is 5.97. The van der Waals surface area contributed by atoms with E-state index in [1.54, 1.807) is 36.3 Å². The highest BCUT2D eigenvalue weighted by Gasteiger charge is 2.23. The molecule has 0 aliphatic rings. The van der Waals surface area contributed by atoms with Crippen LogP contribution in [0.1, 0.15) is 24.9 Å². The van der Waals surface area contributed by atoms with Crippen molar-refractivity contribution in [1.82, 2.24) is 4.90 Å². The summed E-state index contributed by atoms with van der Waals surface area (Å²) in [5.41, 5.74) is 0.983. The number of methoxy groups -OCH3 is 2. The lowest BCUT2D eigenvalue weighted by Gasteiger charge is -2.29. The van der Waals surface area contributed by atoms with Crippen LogP contribution in [-0.2, 0) is 14.3 Å². The molecule has 6 heteroatoms. The molecule has 0 radical (unpaired) electrons. The molecule has 27 heavy (non-hydrogen) atoms. The summed E-state index contributed by atoms with van der Waals surface area (Å²) in [6, 6.07) is 16.5. The molecule has 0 spiro atoms. The summed E-state index contributed by atoms with van der Waals surface area (Å²) in [5, 5.41) is 0. The fourth-order valence-corrected chi connectivity index (χ4v) is 2.68. The quantitative estimate of drug-likeness (QED) is 0.633. The largest absolute Gasteiger partial charge is 0.497 e. The van der Waals surface area contributed by atoms with Crippen LogP contribution in [0.25, 0.3) is 0 Å². The highest BCUT2D eigenvalue weighted by molar-refractivity contribution is 5.79. The monoisotopic (exact) mass is 371 g/mol. The molecule has 0 saturated carbocycles. The second kappa shape index (κ2) is 10.2. The van der Waals surface area contributed by atoms with Crippen LogP contribution < -0.4 is 9.47 Å². The molecule has 0 bridgehead atoms. The van der Waals surface area contributed by atoms with E-state index in [-0.39, 0.29) is 37.5 Å². The van der Waals surface area contributed by atoms with Gasteiger partial charge in [-0.3, -0.25) is 9.59 Å². The van der Waals surface area contributed by atoms with Crippen molar-refractivity contribution in [2.24, 2.45) is 0 Å². The van der Waals surface area contributed by atoms with E-state index in [9.17, 15) is 9.59 Å². The molecule has 0 heterocycles. The molecule has 0 fully saturated rings. The number of carbonyl (C=O) groups is 2. The highest BCUT2D eigenvalue weighted by atomic mass is 16.5. The first-order valence-electron chi connectivity index (χ1n) is 8.73. The van der Waals surface area contributed by atoms with Crippen LogP contribution in [-0.4, -0.2) is 44.1 Å². The van der Waals surface area contributed by atoms with Crippen molar-refractivity contribution in [3.05, 3.63) is 60.2 Å². The maximum atomic E-state index is 12.8. The maximum absolute atomic E-state index is 12.8. The van der Waals surface area contributed by atoms with Gasteiger partial charge < -0.3 is 19.1 Å². The molecule has 0 N–H and O–H groups in total. The topological polar surface area (TPSA) is 65.1 Å². The number of hydrogen-bond donors (Lipinski definition) is 0. The predicted octanol–water partition coefficient (Wildman–Crippen LogP) is 3.23. The summed E-state index contributed by atoms with van der Waals surface area (Å²) in [5.74, 6) is 0.628. The van der Waals surface area contributed by atoms with Gasteiger partial charge in [-0.2, -0.15) is 0 Å². The predicted molar refractivity (Wildman–Crippen MR) is 102 cm³/mol. The van der Waals surface area contributed by atoms with E-state index in [2.05, 4.69) is 0 Å². The minimum atomic E-state index is -0.359. The highest BCUT2D eigenvalue weighted by Crippen LogP contribution is 2.22. The van der Waals surface area contributed by atoms with Crippen LogP contribution in [0.5, 0.6) is 11.5 Å². The Hall–Kier alpha value is -3.02. The third-order valence-electron chi connectivity index (χ3n) is 4.26. The number of rotatable bonds is 9. The van der Waals surface area contributed by atoms with Crippen molar-refractivity contribution in [2.75, 3.05) is 27.4 Å². The summed E-state index contributed by atoms with van der Waals surface area (Å²) >= 11 is 0. The number of esters is 1. The van der Waals surface area contributed by atoms with Gasteiger partial charge in [0.25, 0.3) is 5.91 Å². The number of ether oxygens (including phenoxy) is 3. The number of carbonyl (C=O) groups excluding carboxylic acids is 2. The summed E-state index contributed by atoms with van der Waals surface area (Å²) in [4.78, 5) is 26.0. The van der Waals surface area contributed by atoms with Crippen LogP contribution in [0.15, 0.2) is 54.6 Å². The lowest BCUT2D eigenvalue weighted by atomic mass is 10.1. The van der Waals surface area contributed by atoms with Crippen molar-refractivity contribution < 1.29 is 23.8 Å². The average molecular weight is 371 g/mol. The van der Waals surface area contributed by atoms with E-state index >= 15 is 0 Å². The zero-order valence-corrected chi connectivity index (χ0v) is 15.9. The molecule has 2 aromatic rings. The van der Waals surface area contributed by atoms with E-state index in [1.807, 2.05) is 37.3 Å². The minimum Gasteiger partial charge on any atom is -0.497 e. The van der Waals surface area contributed by atoms with E-state index in [4.69, 9.17) is 14.2 Å². The van der Waals surface area contributed by atoms with Gasteiger partial charge in [-0.25, -0.2) is 0 Å². The van der Waals surface area contributed by atoms with Gasteiger partial charge in [0.2, 0.25) is 0 Å². The lowest BCUT2D eigenvalue weighted by molar-refractivity contribution is -0.142. The zero-order valence-electron chi connectivity index (χ0n) is 15.9. The number of amides is 1. The molecule has 0 saturated heterocycles. The van der Waals surface area contributed by atoms with Crippen LogP contribution in [0.3, 0.4) is 0 Å². The standard InChI is InChI=1S/C21H25NO5/c1-16(17-8-5-4-6-9-17)22(13-12-21(24)26-3)20(23)15-27-19-11-7-10-18(14-19)25-2/h4-11,14,16H,12-13,15H2,1-3H3. The molecule has 0 aliphatic heterocycles. The second-order valence-electron chi connectivity index (χ2n) is 5.97. The third-order valence-corrected chi connectivity index (χ3v) is 4.26. The first-order valence-corrected chi connectivity index (χ1v) is 8.73. The Balaban J connectivity index is 2.08. The first-order chi connectivity index (χ1) is 13.0. The van der Waals surface area contributed by atoms with Gasteiger partial charge in [0.15, 0.2) is 6.61 Å². The molecular formula is C21H25NO5. The Morgan fingerprint density at radius 3 is 2.37 bits per heavy atom. The van der Waals surface area contributed by atoms with Crippen molar-refractivity contribution in [2.45, 2.75) is 19.4 Å². The smallest absolute Gasteiger partial charge is 0.307 e. The molecule has 1 atom stereocenters. The normalized spacial score (nSPS) is 11.4. The van der Waals surface area contributed by atoms with E-state index < -0.39 is 0 Å². The van der Waals surface area contributed by atoms with E-state index in [1.165, 1.54) is 7.11 Å². The first kappa shape index (κ1) is 20.3. The summed E-state index contributed by atoms with van der Waals surface area (Å²) in [7, 11) is 2.90. The maximum Gasteiger partial charge on any atom is 0.307 e. The van der Waals surface area contributed by atoms with Crippen LogP contribution in [0, 0.1) is 0 Å². The van der Waals surface area contributed by atoms with Crippen LogP contribution in [0.4, 0.5) is 0 Å². The summed E-state index contributed by atoms with van der Waals surface area (Å²) in [6.45, 7) is 2.05. The molecule has 1 amide bonds. The Morgan fingerprint density at radius 1 is 1.00 bits per heavy atom. The lowest BCUT2D eigenvalue weighted by Crippen LogP contribution is -2.38. The van der Waals surface area contributed by atoms with E-state index in [0.717, 1.165) is 5.56 Å². The summed E-state index contributed by atoms with van der Waals surface area (Å²) < 4.78 is 15.5. The van der Waals surface area contributed by atoms with Crippen molar-refractivity contribution in [3.63, 3.8) is 0 Å². The minimum absolute atomic E-state index is 0.124. The zero-order chi connectivity index (χ0) is 19.6. The van der Waals surface area contributed by atoms with Gasteiger partial charge in [-0.15, -0.1) is 0 Å². The summed E-state index contributed by atoms with van der Waals surface area (Å²) in [6.07, 6.45) is 0.124. The molecule has 0 aromatic heterocycles. The Labute approximate surface area is 159 Å². The third kappa shape index (κ3) is 6.02. The number of nitrogens with zero attached hydrogens (tertiary/aromatic N) is 1. The van der Waals surface area contributed by atoms with Crippen LogP contribution in [0.2, 0.25) is 0 Å². The Bertz CT molecular complexity index is 747. The molecule has 6 nitrogen and oxygen atoms in total. The number of hydrogen-bond acceptors (Lipinski definition) is 5. The van der Waals surface area contributed by atoms with Gasteiger partial charge in [-0.1, -0.05) is 36.4 Å². The van der Waals surface area contributed by atoms with Gasteiger partial charge >= 0.3 is 5.97 Å². The van der Waals surface area contributed by atoms with Gasteiger partial charge in [0, 0.05) is 12.6 Å². The molecule has 0 aliphatic carbocycles. The fourth-order valence-electron chi connectivity index (χ4n) is 2.68.